The molecule has 2 N–H and O–H groups in total. The number of amides is 3. The summed E-state index contributed by atoms with van der Waals surface area (Å²) < 4.78 is 5.17. The van der Waals surface area contributed by atoms with Crippen molar-refractivity contribution in [3.8, 4) is 5.75 Å². The third kappa shape index (κ3) is 2.68. The van der Waals surface area contributed by atoms with Gasteiger partial charge in [-0.3, -0.25) is 14.4 Å². The minimum absolute atomic E-state index is 0.151. The van der Waals surface area contributed by atoms with E-state index >= 15 is 0 Å². The van der Waals surface area contributed by atoms with Crippen molar-refractivity contribution in [2.24, 2.45) is 34.5 Å². The predicted molar refractivity (Wildman–Crippen MR) is 93.3 cm³/mol. The van der Waals surface area contributed by atoms with E-state index in [1.807, 2.05) is 12.2 Å². The predicted octanol–water partition coefficient (Wildman–Crippen LogP) is 1.35. The molecule has 1 aromatic carbocycles. The molecule has 0 aromatic heterocycles. The van der Waals surface area contributed by atoms with Crippen LogP contribution >= 0.6 is 11.6 Å². The maximum absolute atomic E-state index is 12.5. The van der Waals surface area contributed by atoms with Gasteiger partial charge >= 0.3 is 0 Å². The number of hydrazone groups is 1. The van der Waals surface area contributed by atoms with Crippen molar-refractivity contribution in [3.05, 3.63) is 40.9 Å². The highest BCUT2D eigenvalue weighted by atomic mass is 35.5. The van der Waals surface area contributed by atoms with Crippen LogP contribution in [0.2, 0.25) is 5.02 Å². The Balaban J connectivity index is 1.49. The van der Waals surface area contributed by atoms with Crippen LogP contribution in [-0.2, 0) is 14.4 Å². The lowest BCUT2D eigenvalue weighted by molar-refractivity contribution is -0.140. The number of primary amides is 1. The van der Waals surface area contributed by atoms with Crippen LogP contribution in [0.5, 0.6) is 5.75 Å². The zero-order chi connectivity index (χ0) is 18.4. The van der Waals surface area contributed by atoms with Gasteiger partial charge in [0.2, 0.25) is 0 Å². The van der Waals surface area contributed by atoms with Crippen molar-refractivity contribution >= 4 is 35.5 Å². The Hall–Kier alpha value is -2.67. The fourth-order valence-corrected chi connectivity index (χ4v) is 4.23. The molecule has 0 radical (unpaired) electrons. The number of nitrogens with zero attached hydrogens (tertiary/aromatic N) is 2. The van der Waals surface area contributed by atoms with Crippen molar-refractivity contribution in [1.29, 1.82) is 0 Å². The number of hydrogen-bond acceptors (Lipinski definition) is 5. The van der Waals surface area contributed by atoms with Crippen molar-refractivity contribution < 1.29 is 19.1 Å². The molecule has 1 heterocycles. The molecule has 1 aromatic rings. The van der Waals surface area contributed by atoms with Crippen LogP contribution in [-0.4, -0.2) is 35.6 Å². The van der Waals surface area contributed by atoms with Gasteiger partial charge in [0, 0.05) is 0 Å². The summed E-state index contributed by atoms with van der Waals surface area (Å²) in [6, 6.07) is 4.79. The molecule has 2 fully saturated rings. The van der Waals surface area contributed by atoms with Crippen molar-refractivity contribution in [1.82, 2.24) is 5.01 Å². The largest absolute Gasteiger partial charge is 0.482 e. The van der Waals surface area contributed by atoms with E-state index in [2.05, 4.69) is 5.10 Å². The van der Waals surface area contributed by atoms with E-state index < -0.39 is 5.91 Å². The van der Waals surface area contributed by atoms with Gasteiger partial charge in [0.15, 0.2) is 6.61 Å². The quantitative estimate of drug-likeness (QED) is 0.478. The topological polar surface area (TPSA) is 102 Å². The van der Waals surface area contributed by atoms with E-state index in [1.165, 1.54) is 6.21 Å². The minimum Gasteiger partial charge on any atom is -0.482 e. The SMILES string of the molecule is NC(=O)COc1ccc(C=NN2C(=O)C3C4C=CC(C4)C3C2=O)cc1Cl. The first kappa shape index (κ1) is 16.8. The Morgan fingerprint density at radius 2 is 1.92 bits per heavy atom. The molecule has 3 amide bonds. The van der Waals surface area contributed by atoms with Crippen LogP contribution in [0.25, 0.3) is 0 Å². The third-order valence-corrected chi connectivity index (χ3v) is 5.39. The fraction of sp³-hybridized carbons (Fsp3) is 0.333. The van der Waals surface area contributed by atoms with Gasteiger partial charge in [0.05, 0.1) is 23.1 Å². The molecule has 1 aliphatic heterocycles. The molecule has 1 saturated carbocycles. The van der Waals surface area contributed by atoms with Gasteiger partial charge in [-0.15, -0.1) is 0 Å². The van der Waals surface area contributed by atoms with Crippen molar-refractivity contribution in [2.75, 3.05) is 6.61 Å². The molecule has 4 atom stereocenters. The molecule has 8 heteroatoms. The van der Waals surface area contributed by atoms with E-state index in [0.717, 1.165) is 11.4 Å². The zero-order valence-corrected chi connectivity index (χ0v) is 14.4. The molecule has 7 nitrogen and oxygen atoms in total. The Labute approximate surface area is 154 Å². The number of ether oxygens (including phenoxy) is 1. The smallest absolute Gasteiger partial charge is 0.255 e. The van der Waals surface area contributed by atoms with E-state index in [4.69, 9.17) is 22.1 Å². The van der Waals surface area contributed by atoms with Gasteiger partial charge in [-0.25, -0.2) is 0 Å². The molecular formula is C18H16ClN3O4. The second kappa shape index (κ2) is 6.25. The van der Waals surface area contributed by atoms with Gasteiger partial charge in [-0.05, 0) is 42.0 Å². The summed E-state index contributed by atoms with van der Waals surface area (Å²) >= 11 is 6.10. The summed E-state index contributed by atoms with van der Waals surface area (Å²) in [7, 11) is 0. The van der Waals surface area contributed by atoms with Crippen molar-refractivity contribution in [2.45, 2.75) is 6.42 Å². The highest BCUT2D eigenvalue weighted by Crippen LogP contribution is 2.52. The Bertz CT molecular complexity index is 836. The summed E-state index contributed by atoms with van der Waals surface area (Å²) in [4.78, 5) is 35.8. The Kier molecular flexibility index (Phi) is 4.03. The van der Waals surface area contributed by atoms with Crippen LogP contribution in [0.1, 0.15) is 12.0 Å². The monoisotopic (exact) mass is 373 g/mol. The van der Waals surface area contributed by atoms with Gasteiger partial charge in [-0.2, -0.15) is 10.1 Å². The number of allylic oxidation sites excluding steroid dienone is 2. The first-order chi connectivity index (χ1) is 12.5. The van der Waals surface area contributed by atoms with Gasteiger partial charge in [0.1, 0.15) is 5.75 Å². The number of nitrogens with two attached hydrogens (primary N) is 1. The first-order valence-corrected chi connectivity index (χ1v) is 8.64. The number of benzene rings is 1. The summed E-state index contributed by atoms with van der Waals surface area (Å²) in [6.45, 7) is -0.275. The number of rotatable bonds is 5. The minimum atomic E-state index is -0.605. The van der Waals surface area contributed by atoms with Gasteiger partial charge in [0.25, 0.3) is 17.7 Å². The standard InChI is InChI=1S/C18H16ClN3O4/c19-12-5-9(1-4-13(12)26-8-14(20)23)7-21-22-17(24)15-10-2-3-11(6-10)16(15)18(22)25/h1-5,7,10-11,15-16H,6,8H2,(H2,20,23). The van der Waals surface area contributed by atoms with Crippen LogP contribution in [0.15, 0.2) is 35.5 Å². The highest BCUT2D eigenvalue weighted by Gasteiger charge is 2.59. The average molecular weight is 374 g/mol. The summed E-state index contributed by atoms with van der Waals surface area (Å²) in [6.07, 6.45) is 6.37. The number of fused-ring (bicyclic) bond motifs is 5. The van der Waals surface area contributed by atoms with Crippen LogP contribution < -0.4 is 10.5 Å². The lowest BCUT2D eigenvalue weighted by Gasteiger charge is -2.13. The van der Waals surface area contributed by atoms with Gasteiger partial charge < -0.3 is 10.5 Å². The second-order valence-corrected chi connectivity index (χ2v) is 7.08. The molecule has 0 spiro atoms. The normalized spacial score (nSPS) is 29.0. The fourth-order valence-electron chi connectivity index (χ4n) is 3.99. The van der Waals surface area contributed by atoms with Crippen LogP contribution in [0.3, 0.4) is 0 Å². The first-order valence-electron chi connectivity index (χ1n) is 8.26. The number of carbonyl (C=O) groups is 3. The summed E-state index contributed by atoms with van der Waals surface area (Å²) in [5, 5.41) is 5.34. The molecule has 4 unspecified atom stereocenters. The Morgan fingerprint density at radius 1 is 1.27 bits per heavy atom. The second-order valence-electron chi connectivity index (χ2n) is 6.68. The number of imide groups is 1. The number of hydrogen-bond donors (Lipinski definition) is 1. The summed E-state index contributed by atoms with van der Waals surface area (Å²) in [5.41, 5.74) is 5.62. The number of carbonyl (C=O) groups excluding carboxylic acids is 3. The van der Waals surface area contributed by atoms with Crippen molar-refractivity contribution in [3.63, 3.8) is 0 Å². The van der Waals surface area contributed by atoms with E-state index in [-0.39, 0.29) is 47.1 Å². The lowest BCUT2D eigenvalue weighted by Crippen LogP contribution is -2.28. The zero-order valence-electron chi connectivity index (χ0n) is 13.7. The molecule has 26 heavy (non-hydrogen) atoms. The molecule has 2 bridgehead atoms. The number of halogens is 1. The lowest BCUT2D eigenvalue weighted by atomic mass is 9.85. The molecule has 1 saturated heterocycles. The average Bonchev–Trinajstić information content (AvgIpc) is 3.27. The Morgan fingerprint density at radius 3 is 2.50 bits per heavy atom. The van der Waals surface area contributed by atoms with Crippen LogP contribution in [0, 0.1) is 23.7 Å². The molecule has 134 valence electrons. The van der Waals surface area contributed by atoms with E-state index in [0.29, 0.717) is 11.3 Å². The van der Waals surface area contributed by atoms with Gasteiger partial charge in [-0.1, -0.05) is 23.8 Å². The maximum atomic E-state index is 12.5. The molecular weight excluding hydrogens is 358 g/mol. The summed E-state index contributed by atoms with van der Waals surface area (Å²) in [5.74, 6) is -1.01. The van der Waals surface area contributed by atoms with E-state index in [9.17, 15) is 14.4 Å². The third-order valence-electron chi connectivity index (χ3n) is 5.10. The highest BCUT2D eigenvalue weighted by molar-refractivity contribution is 6.32. The van der Waals surface area contributed by atoms with Crippen LogP contribution in [0.4, 0.5) is 0 Å². The van der Waals surface area contributed by atoms with E-state index in [1.54, 1.807) is 18.2 Å². The molecule has 3 aliphatic rings. The maximum Gasteiger partial charge on any atom is 0.255 e. The molecule has 4 rings (SSSR count). The molecule has 2 aliphatic carbocycles.